The minimum atomic E-state index is -0.309. The van der Waals surface area contributed by atoms with Crippen LogP contribution in [-0.2, 0) is 11.3 Å². The molecule has 2 rings (SSSR count). The van der Waals surface area contributed by atoms with Gasteiger partial charge in [-0.15, -0.1) is 0 Å². The Kier molecular flexibility index (Phi) is 5.05. The van der Waals surface area contributed by atoms with Crippen LogP contribution in [0.15, 0.2) is 23.1 Å². The molecule has 0 spiro atoms. The summed E-state index contributed by atoms with van der Waals surface area (Å²) in [6.45, 7) is 4.29. The third-order valence-corrected chi connectivity index (χ3v) is 3.32. The topological polar surface area (TPSA) is 92.4 Å². The molecule has 2 aromatic rings. The van der Waals surface area contributed by atoms with Gasteiger partial charge in [0.15, 0.2) is 11.6 Å². The van der Waals surface area contributed by atoms with Gasteiger partial charge in [0.1, 0.15) is 11.9 Å². The summed E-state index contributed by atoms with van der Waals surface area (Å²) in [5, 5.41) is 3.97. The summed E-state index contributed by atoms with van der Waals surface area (Å²) in [6, 6.07) is 1.83. The molecule has 0 saturated heterocycles. The third-order valence-electron chi connectivity index (χ3n) is 3.32. The lowest BCUT2D eigenvalue weighted by Gasteiger charge is -2.18. The van der Waals surface area contributed by atoms with Crippen molar-refractivity contribution < 1.29 is 14.1 Å². The fourth-order valence-corrected chi connectivity index (χ4v) is 1.99. The van der Waals surface area contributed by atoms with Crippen LogP contribution in [0, 0.1) is 0 Å². The fourth-order valence-electron chi connectivity index (χ4n) is 1.99. The minimum Gasteiger partial charge on any atom is -0.359 e. The van der Waals surface area contributed by atoms with Gasteiger partial charge in [-0.1, -0.05) is 19.0 Å². The molecule has 0 atom stereocenters. The molecule has 0 fully saturated rings. The highest BCUT2D eigenvalue weighted by atomic mass is 16.5. The summed E-state index contributed by atoms with van der Waals surface area (Å²) in [5.41, 5.74) is 1.08. The van der Waals surface area contributed by atoms with Gasteiger partial charge < -0.3 is 14.3 Å². The third kappa shape index (κ3) is 3.71. The number of anilines is 1. The van der Waals surface area contributed by atoms with Gasteiger partial charge in [0.2, 0.25) is 6.41 Å². The Labute approximate surface area is 134 Å². The number of amides is 2. The zero-order valence-corrected chi connectivity index (χ0v) is 13.6. The van der Waals surface area contributed by atoms with E-state index in [1.165, 1.54) is 29.4 Å². The Hall–Kier alpha value is -2.77. The lowest BCUT2D eigenvalue weighted by atomic mass is 10.1. The maximum absolute atomic E-state index is 12.6. The van der Waals surface area contributed by atoms with Gasteiger partial charge >= 0.3 is 0 Å². The van der Waals surface area contributed by atoms with E-state index in [9.17, 15) is 9.59 Å². The predicted octanol–water partition coefficient (Wildman–Crippen LogP) is 1.45. The predicted molar refractivity (Wildman–Crippen MR) is 82.9 cm³/mol. The van der Waals surface area contributed by atoms with E-state index in [0.717, 1.165) is 5.69 Å². The Morgan fingerprint density at radius 3 is 2.74 bits per heavy atom. The van der Waals surface area contributed by atoms with Crippen molar-refractivity contribution in [3.63, 3.8) is 0 Å². The lowest BCUT2D eigenvalue weighted by Crippen LogP contribution is -2.29. The highest BCUT2D eigenvalue weighted by molar-refractivity contribution is 6.00. The molecular formula is C15H19N5O3. The Morgan fingerprint density at radius 1 is 1.39 bits per heavy atom. The first-order valence-electron chi connectivity index (χ1n) is 7.13. The average molecular weight is 317 g/mol. The standard InChI is InChI=1S/C15H19N5O3/c1-10(2)13-5-11(23-18-13)7-19(3)15(22)12-6-16-8-17-14(12)20(4)9-21/h5-6,8-10H,7H2,1-4H3. The SMILES string of the molecule is CC(C)c1cc(CN(C)C(=O)c2cncnc2N(C)C=O)on1. The van der Waals surface area contributed by atoms with Crippen LogP contribution >= 0.6 is 0 Å². The number of nitrogens with zero attached hydrogens (tertiary/aromatic N) is 5. The normalized spacial score (nSPS) is 10.7. The summed E-state index contributed by atoms with van der Waals surface area (Å²) in [6.07, 6.45) is 3.27. The van der Waals surface area contributed by atoms with Crippen molar-refractivity contribution in [2.45, 2.75) is 26.3 Å². The number of aromatic nitrogens is 3. The number of hydrogen-bond acceptors (Lipinski definition) is 6. The van der Waals surface area contributed by atoms with Crippen LogP contribution in [0.1, 0.15) is 41.6 Å². The van der Waals surface area contributed by atoms with Crippen molar-refractivity contribution in [2.24, 2.45) is 0 Å². The molecule has 0 aliphatic heterocycles. The van der Waals surface area contributed by atoms with Gasteiger partial charge in [0.25, 0.3) is 5.91 Å². The van der Waals surface area contributed by atoms with Gasteiger partial charge in [-0.2, -0.15) is 0 Å². The first-order chi connectivity index (χ1) is 10.9. The maximum atomic E-state index is 12.6. The van der Waals surface area contributed by atoms with Crippen LogP contribution in [0.5, 0.6) is 0 Å². The molecule has 0 unspecified atom stereocenters. The maximum Gasteiger partial charge on any atom is 0.259 e. The van der Waals surface area contributed by atoms with Crippen LogP contribution in [0.3, 0.4) is 0 Å². The summed E-state index contributed by atoms with van der Waals surface area (Å²) in [4.78, 5) is 34.0. The van der Waals surface area contributed by atoms with E-state index in [0.29, 0.717) is 12.2 Å². The molecule has 0 radical (unpaired) electrons. The quantitative estimate of drug-likeness (QED) is 0.749. The summed E-state index contributed by atoms with van der Waals surface area (Å²) < 4.78 is 5.24. The molecule has 2 amide bonds. The second-order valence-electron chi connectivity index (χ2n) is 5.51. The monoisotopic (exact) mass is 317 g/mol. The van der Waals surface area contributed by atoms with Crippen LogP contribution in [0.4, 0.5) is 5.82 Å². The Balaban J connectivity index is 2.18. The van der Waals surface area contributed by atoms with Crippen molar-refractivity contribution in [3.05, 3.63) is 35.6 Å². The minimum absolute atomic E-state index is 0.244. The van der Waals surface area contributed by atoms with Crippen LogP contribution in [-0.4, -0.2) is 46.4 Å². The zero-order chi connectivity index (χ0) is 17.0. The van der Waals surface area contributed by atoms with E-state index in [1.54, 1.807) is 7.05 Å². The molecule has 23 heavy (non-hydrogen) atoms. The molecule has 0 aromatic carbocycles. The summed E-state index contributed by atoms with van der Waals surface area (Å²) in [5.74, 6) is 0.791. The molecule has 0 N–H and O–H groups in total. The van der Waals surface area contributed by atoms with E-state index in [1.807, 2.05) is 19.9 Å². The van der Waals surface area contributed by atoms with Gasteiger partial charge in [0.05, 0.1) is 12.2 Å². The van der Waals surface area contributed by atoms with E-state index >= 15 is 0 Å². The van der Waals surface area contributed by atoms with Crippen molar-refractivity contribution in [3.8, 4) is 0 Å². The molecule has 8 nitrogen and oxygen atoms in total. The number of carbonyl (C=O) groups excluding carboxylic acids is 2. The van der Waals surface area contributed by atoms with Crippen LogP contribution in [0.2, 0.25) is 0 Å². The lowest BCUT2D eigenvalue weighted by molar-refractivity contribution is -0.107. The van der Waals surface area contributed by atoms with Gasteiger partial charge in [0, 0.05) is 26.4 Å². The average Bonchev–Trinajstić information content (AvgIpc) is 3.02. The smallest absolute Gasteiger partial charge is 0.259 e. The number of rotatable bonds is 6. The molecule has 0 bridgehead atoms. The Bertz CT molecular complexity index is 698. The first kappa shape index (κ1) is 16.6. The molecule has 2 heterocycles. The molecule has 0 aliphatic rings. The highest BCUT2D eigenvalue weighted by Gasteiger charge is 2.21. The Morgan fingerprint density at radius 2 is 2.13 bits per heavy atom. The molecule has 0 saturated carbocycles. The van der Waals surface area contributed by atoms with Crippen molar-refractivity contribution >= 4 is 18.1 Å². The second-order valence-corrected chi connectivity index (χ2v) is 5.51. The van der Waals surface area contributed by atoms with Crippen LogP contribution < -0.4 is 4.90 Å². The largest absolute Gasteiger partial charge is 0.359 e. The molecule has 122 valence electrons. The van der Waals surface area contributed by atoms with E-state index < -0.39 is 0 Å². The number of carbonyl (C=O) groups is 2. The van der Waals surface area contributed by atoms with Crippen molar-refractivity contribution in [1.29, 1.82) is 0 Å². The van der Waals surface area contributed by atoms with Gasteiger partial charge in [-0.25, -0.2) is 9.97 Å². The van der Waals surface area contributed by atoms with Gasteiger partial charge in [-0.05, 0) is 5.92 Å². The summed E-state index contributed by atoms with van der Waals surface area (Å²) in [7, 11) is 3.16. The molecule has 0 aliphatic carbocycles. The van der Waals surface area contributed by atoms with E-state index in [2.05, 4.69) is 15.1 Å². The van der Waals surface area contributed by atoms with Crippen LogP contribution in [0.25, 0.3) is 0 Å². The first-order valence-corrected chi connectivity index (χ1v) is 7.13. The van der Waals surface area contributed by atoms with Crippen molar-refractivity contribution in [2.75, 3.05) is 19.0 Å². The van der Waals surface area contributed by atoms with E-state index in [-0.39, 0.29) is 29.8 Å². The van der Waals surface area contributed by atoms with Gasteiger partial charge in [-0.3, -0.25) is 9.59 Å². The zero-order valence-electron chi connectivity index (χ0n) is 13.6. The van der Waals surface area contributed by atoms with E-state index in [4.69, 9.17) is 4.52 Å². The molecular weight excluding hydrogens is 298 g/mol. The van der Waals surface area contributed by atoms with Crippen molar-refractivity contribution in [1.82, 2.24) is 20.0 Å². The summed E-state index contributed by atoms with van der Waals surface area (Å²) >= 11 is 0. The molecule has 8 heteroatoms. The second kappa shape index (κ2) is 6.99. The fraction of sp³-hybridized carbons (Fsp3) is 0.400. The number of hydrogen-bond donors (Lipinski definition) is 0. The molecule has 2 aromatic heterocycles. The highest BCUT2D eigenvalue weighted by Crippen LogP contribution is 2.18.